The maximum atomic E-state index is 4.90. The van der Waals surface area contributed by atoms with Gasteiger partial charge in [0.05, 0.1) is 6.10 Å². The van der Waals surface area contributed by atoms with Gasteiger partial charge in [-0.25, -0.2) is 0 Å². The fourth-order valence-corrected chi connectivity index (χ4v) is 0.500. The van der Waals surface area contributed by atoms with E-state index in [1.54, 1.807) is 14.2 Å². The highest BCUT2D eigenvalue weighted by atomic mass is 16.5. The van der Waals surface area contributed by atoms with Crippen LogP contribution in [0, 0.1) is 5.92 Å². The van der Waals surface area contributed by atoms with Crippen LogP contribution >= 0.6 is 0 Å². The van der Waals surface area contributed by atoms with Gasteiger partial charge in [0.2, 0.25) is 0 Å². The van der Waals surface area contributed by atoms with Gasteiger partial charge in [0.1, 0.15) is 0 Å². The summed E-state index contributed by atoms with van der Waals surface area (Å²) in [5, 5.41) is 0. The molecular weight excluding hydrogens is 212 g/mol. The van der Waals surface area contributed by atoms with Crippen molar-refractivity contribution in [3.63, 3.8) is 0 Å². The minimum Gasteiger partial charge on any atom is -0.384 e. The van der Waals surface area contributed by atoms with Crippen molar-refractivity contribution >= 4 is 0 Å². The molecule has 0 aliphatic heterocycles. The normalized spacial score (nSPS) is 8.65. The summed E-state index contributed by atoms with van der Waals surface area (Å²) in [6, 6.07) is 0. The highest BCUT2D eigenvalue weighted by molar-refractivity contribution is 4.38. The third-order valence-electron chi connectivity index (χ3n) is 1.48. The van der Waals surface area contributed by atoms with Crippen molar-refractivity contribution in [3.8, 4) is 0 Å². The Bertz CT molecular complexity index is 69.3. The Morgan fingerprint density at radius 3 is 1.18 bits per heavy atom. The molecular formula is C15H44O2. The van der Waals surface area contributed by atoms with Crippen molar-refractivity contribution in [2.75, 3.05) is 20.8 Å². The number of ether oxygens (including phenoxy) is 2. The van der Waals surface area contributed by atoms with Crippen LogP contribution in [-0.2, 0) is 9.47 Å². The summed E-state index contributed by atoms with van der Waals surface area (Å²) >= 11 is 0. The molecule has 0 aromatic rings. The maximum absolute atomic E-state index is 4.90. The molecule has 0 aromatic carbocycles. The molecule has 0 radical (unpaired) electrons. The Morgan fingerprint density at radius 1 is 0.824 bits per heavy atom. The lowest BCUT2D eigenvalue weighted by molar-refractivity contribution is 0.115. The lowest BCUT2D eigenvalue weighted by Gasteiger charge is -2.01. The molecule has 0 fully saturated rings. The van der Waals surface area contributed by atoms with Crippen molar-refractivity contribution < 1.29 is 9.47 Å². The maximum Gasteiger partial charge on any atom is 0.0540 e. The molecule has 0 N–H and O–H groups in total. The minimum atomic E-state index is 0. The largest absolute Gasteiger partial charge is 0.384 e. The fourth-order valence-electron chi connectivity index (χ4n) is 0.500. The number of rotatable bonds is 4. The Balaban J connectivity index is -0.0000000182. The van der Waals surface area contributed by atoms with Gasteiger partial charge in [0.15, 0.2) is 0 Å². The quantitative estimate of drug-likeness (QED) is 0.623. The predicted molar refractivity (Wildman–Crippen MR) is 87.1 cm³/mol. The van der Waals surface area contributed by atoms with E-state index in [9.17, 15) is 0 Å². The second-order valence-corrected chi connectivity index (χ2v) is 3.30. The van der Waals surface area contributed by atoms with Gasteiger partial charge in [-0.3, -0.25) is 0 Å². The second-order valence-electron chi connectivity index (χ2n) is 3.30. The van der Waals surface area contributed by atoms with E-state index in [1.807, 2.05) is 0 Å². The third-order valence-corrected chi connectivity index (χ3v) is 1.48. The summed E-state index contributed by atoms with van der Waals surface area (Å²) in [5.41, 5.74) is 0. The average Bonchev–Trinajstić information content (AvgIpc) is 2.04. The van der Waals surface area contributed by atoms with Gasteiger partial charge in [-0.1, -0.05) is 57.9 Å². The van der Waals surface area contributed by atoms with E-state index < -0.39 is 0 Å². The summed E-state index contributed by atoms with van der Waals surface area (Å²) in [6.45, 7) is 9.29. The topological polar surface area (TPSA) is 18.5 Å². The Labute approximate surface area is 114 Å². The van der Waals surface area contributed by atoms with Gasteiger partial charge in [-0.05, 0) is 19.3 Å². The number of hydrogen-bond donors (Lipinski definition) is 0. The summed E-state index contributed by atoms with van der Waals surface area (Å²) in [5.74, 6) is 0.676. The molecule has 0 spiro atoms. The molecule has 0 saturated carbocycles. The van der Waals surface area contributed by atoms with E-state index >= 15 is 0 Å². The Morgan fingerprint density at radius 2 is 1.18 bits per heavy atom. The summed E-state index contributed by atoms with van der Waals surface area (Å²) in [4.78, 5) is 0. The smallest absolute Gasteiger partial charge is 0.0540 e. The molecule has 0 aromatic heterocycles. The van der Waals surface area contributed by atoms with Crippen molar-refractivity contribution in [1.82, 2.24) is 0 Å². The van der Waals surface area contributed by atoms with Gasteiger partial charge < -0.3 is 9.47 Å². The molecule has 0 bridgehead atoms. The molecule has 17 heavy (non-hydrogen) atoms. The highest BCUT2D eigenvalue weighted by Gasteiger charge is 1.88. The Hall–Kier alpha value is -0.0800. The van der Waals surface area contributed by atoms with Gasteiger partial charge in [0, 0.05) is 20.8 Å². The fraction of sp³-hybridized carbons (Fsp3) is 1.00. The molecule has 0 aliphatic carbocycles. The zero-order valence-corrected chi connectivity index (χ0v) is 9.39. The average molecular weight is 257 g/mol. The van der Waals surface area contributed by atoms with Gasteiger partial charge in [-0.2, -0.15) is 0 Å². The van der Waals surface area contributed by atoms with Crippen molar-refractivity contribution in [2.24, 2.45) is 5.92 Å². The molecule has 2 nitrogen and oxygen atoms in total. The SMILES string of the molecule is C.C.C.C.C.CCC(C)OC.COCC(C)C. The van der Waals surface area contributed by atoms with Crippen LogP contribution in [0.4, 0.5) is 0 Å². The standard InChI is InChI=1S/2C5H12O.5CH4/c1-5(2)4-6-3;1-4-5(2)6-3;;;;;/h2*5H,4H2,1-3H3;5*1H4. The zero-order chi connectivity index (χ0) is 9.98. The molecule has 1 atom stereocenters. The minimum absolute atomic E-state index is 0. The van der Waals surface area contributed by atoms with Crippen molar-refractivity contribution in [2.45, 2.75) is 77.4 Å². The van der Waals surface area contributed by atoms with Crippen LogP contribution in [0.1, 0.15) is 71.2 Å². The van der Waals surface area contributed by atoms with Crippen LogP contribution in [0.15, 0.2) is 0 Å². The zero-order valence-electron chi connectivity index (χ0n) is 9.39. The first-order valence-electron chi connectivity index (χ1n) is 4.60. The first-order chi connectivity index (χ1) is 5.58. The summed E-state index contributed by atoms with van der Waals surface area (Å²) in [7, 11) is 3.45. The van der Waals surface area contributed by atoms with Crippen molar-refractivity contribution in [1.29, 1.82) is 0 Å². The van der Waals surface area contributed by atoms with Gasteiger partial charge >= 0.3 is 0 Å². The third kappa shape index (κ3) is 64.4. The predicted octanol–water partition coefficient (Wildman–Crippen LogP) is 5.90. The van der Waals surface area contributed by atoms with E-state index in [1.165, 1.54) is 0 Å². The first kappa shape index (κ1) is 43.6. The molecule has 116 valence electrons. The molecule has 0 heterocycles. The number of methoxy groups -OCH3 is 2. The van der Waals surface area contributed by atoms with Gasteiger partial charge in [-0.15, -0.1) is 0 Å². The molecule has 1 unspecified atom stereocenters. The van der Waals surface area contributed by atoms with Crippen LogP contribution in [0.3, 0.4) is 0 Å². The lowest BCUT2D eigenvalue weighted by atomic mass is 10.2. The molecule has 0 saturated heterocycles. The second kappa shape index (κ2) is 36.0. The van der Waals surface area contributed by atoms with E-state index in [0.29, 0.717) is 12.0 Å². The van der Waals surface area contributed by atoms with Gasteiger partial charge in [0.25, 0.3) is 0 Å². The first-order valence-corrected chi connectivity index (χ1v) is 4.60. The van der Waals surface area contributed by atoms with Crippen LogP contribution < -0.4 is 0 Å². The Kier molecular flexibility index (Phi) is 92.3. The van der Waals surface area contributed by atoms with Crippen LogP contribution in [0.25, 0.3) is 0 Å². The molecule has 0 aliphatic rings. The monoisotopic (exact) mass is 256 g/mol. The van der Waals surface area contributed by atoms with Crippen LogP contribution in [0.2, 0.25) is 0 Å². The highest BCUT2D eigenvalue weighted by Crippen LogP contribution is 1.90. The number of hydrogen-bond acceptors (Lipinski definition) is 2. The van der Waals surface area contributed by atoms with E-state index in [0.717, 1.165) is 13.0 Å². The van der Waals surface area contributed by atoms with E-state index in [2.05, 4.69) is 27.7 Å². The van der Waals surface area contributed by atoms with Crippen molar-refractivity contribution in [3.05, 3.63) is 0 Å². The van der Waals surface area contributed by atoms with Crippen LogP contribution in [0.5, 0.6) is 0 Å². The molecule has 2 heteroatoms. The molecule has 0 rings (SSSR count). The summed E-state index contributed by atoms with van der Waals surface area (Å²) < 4.78 is 9.70. The summed E-state index contributed by atoms with van der Waals surface area (Å²) in [6.07, 6.45) is 1.54. The molecule has 0 amide bonds. The van der Waals surface area contributed by atoms with E-state index in [4.69, 9.17) is 9.47 Å². The lowest BCUT2D eigenvalue weighted by Crippen LogP contribution is -2.00. The van der Waals surface area contributed by atoms with E-state index in [-0.39, 0.29) is 37.1 Å². The van der Waals surface area contributed by atoms with Crippen LogP contribution in [-0.4, -0.2) is 26.9 Å².